The molecular formula is C9H16N2. The standard InChI is InChI=1S/C9H16N2/c1-2-8-11(7-1)9-3-5-10-6-4-9/h3,10H,1-2,4-8H2. The van der Waals surface area contributed by atoms with E-state index in [1.807, 2.05) is 0 Å². The van der Waals surface area contributed by atoms with Gasteiger partial charge >= 0.3 is 0 Å². The Morgan fingerprint density at radius 1 is 1.27 bits per heavy atom. The van der Waals surface area contributed by atoms with Crippen LogP contribution < -0.4 is 5.32 Å². The van der Waals surface area contributed by atoms with Crippen molar-refractivity contribution in [3.63, 3.8) is 0 Å². The Morgan fingerprint density at radius 2 is 2.09 bits per heavy atom. The summed E-state index contributed by atoms with van der Waals surface area (Å²) >= 11 is 0. The van der Waals surface area contributed by atoms with Crippen molar-refractivity contribution in [3.05, 3.63) is 11.8 Å². The first-order valence-corrected chi connectivity index (χ1v) is 4.61. The minimum Gasteiger partial charge on any atom is -0.375 e. The predicted octanol–water partition coefficient (Wildman–Crippen LogP) is 0.959. The van der Waals surface area contributed by atoms with Crippen LogP contribution in [0.4, 0.5) is 0 Å². The van der Waals surface area contributed by atoms with Gasteiger partial charge in [0, 0.05) is 31.9 Å². The zero-order chi connectivity index (χ0) is 7.52. The van der Waals surface area contributed by atoms with Crippen LogP contribution >= 0.6 is 0 Å². The molecule has 2 aliphatic rings. The van der Waals surface area contributed by atoms with Gasteiger partial charge in [-0.25, -0.2) is 0 Å². The lowest BCUT2D eigenvalue weighted by Crippen LogP contribution is -2.28. The van der Waals surface area contributed by atoms with E-state index in [1.54, 1.807) is 5.70 Å². The zero-order valence-corrected chi connectivity index (χ0v) is 6.97. The minimum absolute atomic E-state index is 1.08. The molecule has 62 valence electrons. The lowest BCUT2D eigenvalue weighted by atomic mass is 10.2. The van der Waals surface area contributed by atoms with Crippen LogP contribution in [0.5, 0.6) is 0 Å². The Morgan fingerprint density at radius 3 is 2.73 bits per heavy atom. The van der Waals surface area contributed by atoms with E-state index in [1.165, 1.54) is 38.9 Å². The van der Waals surface area contributed by atoms with Crippen LogP contribution in [0.15, 0.2) is 11.8 Å². The molecular weight excluding hydrogens is 136 g/mol. The third-order valence-electron chi connectivity index (χ3n) is 2.55. The summed E-state index contributed by atoms with van der Waals surface area (Å²) in [6, 6.07) is 0. The highest BCUT2D eigenvalue weighted by molar-refractivity contribution is 5.06. The Labute approximate surface area is 68.3 Å². The Kier molecular flexibility index (Phi) is 2.13. The summed E-state index contributed by atoms with van der Waals surface area (Å²) in [6.07, 6.45) is 6.37. The van der Waals surface area contributed by atoms with Crippen molar-refractivity contribution in [1.82, 2.24) is 10.2 Å². The maximum atomic E-state index is 3.34. The summed E-state index contributed by atoms with van der Waals surface area (Å²) in [7, 11) is 0. The molecule has 1 fully saturated rings. The van der Waals surface area contributed by atoms with Crippen molar-refractivity contribution in [2.45, 2.75) is 19.3 Å². The fourth-order valence-electron chi connectivity index (χ4n) is 1.90. The molecule has 0 aromatic carbocycles. The normalized spacial score (nSPS) is 25.5. The van der Waals surface area contributed by atoms with Crippen molar-refractivity contribution in [2.75, 3.05) is 26.2 Å². The van der Waals surface area contributed by atoms with Gasteiger partial charge in [0.2, 0.25) is 0 Å². The zero-order valence-electron chi connectivity index (χ0n) is 6.97. The van der Waals surface area contributed by atoms with Crippen molar-refractivity contribution in [2.24, 2.45) is 0 Å². The molecule has 0 aromatic rings. The second-order valence-corrected chi connectivity index (χ2v) is 3.34. The number of nitrogens with zero attached hydrogens (tertiary/aromatic N) is 1. The number of hydrogen-bond acceptors (Lipinski definition) is 2. The van der Waals surface area contributed by atoms with Crippen LogP contribution in [0.25, 0.3) is 0 Å². The topological polar surface area (TPSA) is 15.3 Å². The molecule has 0 aromatic heterocycles. The lowest BCUT2D eigenvalue weighted by molar-refractivity contribution is 0.396. The minimum atomic E-state index is 1.08. The van der Waals surface area contributed by atoms with Gasteiger partial charge < -0.3 is 10.2 Å². The van der Waals surface area contributed by atoms with E-state index in [0.29, 0.717) is 0 Å². The first kappa shape index (κ1) is 7.17. The molecule has 1 saturated heterocycles. The van der Waals surface area contributed by atoms with Gasteiger partial charge in [-0.3, -0.25) is 0 Å². The fourth-order valence-corrected chi connectivity index (χ4v) is 1.90. The lowest BCUT2D eigenvalue weighted by Gasteiger charge is -2.24. The van der Waals surface area contributed by atoms with E-state index in [4.69, 9.17) is 0 Å². The summed E-state index contributed by atoms with van der Waals surface area (Å²) < 4.78 is 0. The van der Waals surface area contributed by atoms with E-state index in [0.717, 1.165) is 6.54 Å². The largest absolute Gasteiger partial charge is 0.375 e. The van der Waals surface area contributed by atoms with Crippen LogP contribution in [0, 0.1) is 0 Å². The monoisotopic (exact) mass is 152 g/mol. The quantitative estimate of drug-likeness (QED) is 0.602. The summed E-state index contributed by atoms with van der Waals surface area (Å²) in [5.41, 5.74) is 1.58. The summed E-state index contributed by atoms with van der Waals surface area (Å²) in [6.45, 7) is 4.84. The van der Waals surface area contributed by atoms with Crippen molar-refractivity contribution in [3.8, 4) is 0 Å². The van der Waals surface area contributed by atoms with Crippen molar-refractivity contribution in [1.29, 1.82) is 0 Å². The number of rotatable bonds is 1. The smallest absolute Gasteiger partial charge is 0.0175 e. The molecule has 2 aliphatic heterocycles. The summed E-state index contributed by atoms with van der Waals surface area (Å²) in [4.78, 5) is 2.54. The summed E-state index contributed by atoms with van der Waals surface area (Å²) in [5, 5.41) is 3.34. The molecule has 0 bridgehead atoms. The highest BCUT2D eigenvalue weighted by atomic mass is 15.2. The van der Waals surface area contributed by atoms with E-state index < -0.39 is 0 Å². The molecule has 2 heterocycles. The number of likely N-dealkylation sites (tertiary alicyclic amines) is 1. The second-order valence-electron chi connectivity index (χ2n) is 3.34. The molecule has 0 saturated carbocycles. The maximum absolute atomic E-state index is 3.34. The van der Waals surface area contributed by atoms with Gasteiger partial charge in [-0.1, -0.05) is 6.08 Å². The molecule has 0 amide bonds. The molecule has 0 aliphatic carbocycles. The van der Waals surface area contributed by atoms with Gasteiger partial charge in [-0.05, 0) is 19.3 Å². The van der Waals surface area contributed by atoms with E-state index in [9.17, 15) is 0 Å². The van der Waals surface area contributed by atoms with Gasteiger partial charge in [0.1, 0.15) is 0 Å². The van der Waals surface area contributed by atoms with E-state index >= 15 is 0 Å². The van der Waals surface area contributed by atoms with Crippen molar-refractivity contribution >= 4 is 0 Å². The molecule has 0 spiro atoms. The third kappa shape index (κ3) is 1.56. The first-order valence-electron chi connectivity index (χ1n) is 4.61. The Hall–Kier alpha value is -0.500. The average Bonchev–Trinajstić information content (AvgIpc) is 2.58. The van der Waals surface area contributed by atoms with Crippen LogP contribution in [0.1, 0.15) is 19.3 Å². The molecule has 1 N–H and O–H groups in total. The molecule has 2 heteroatoms. The van der Waals surface area contributed by atoms with Gasteiger partial charge in [0.15, 0.2) is 0 Å². The highest BCUT2D eigenvalue weighted by Gasteiger charge is 2.15. The second kappa shape index (κ2) is 3.26. The molecule has 2 rings (SSSR count). The molecule has 0 radical (unpaired) electrons. The van der Waals surface area contributed by atoms with Gasteiger partial charge in [-0.2, -0.15) is 0 Å². The van der Waals surface area contributed by atoms with E-state index in [-0.39, 0.29) is 0 Å². The number of hydrogen-bond donors (Lipinski definition) is 1. The van der Waals surface area contributed by atoms with Crippen LogP contribution in [0.2, 0.25) is 0 Å². The number of nitrogens with one attached hydrogen (secondary N) is 1. The average molecular weight is 152 g/mol. The van der Waals surface area contributed by atoms with Crippen LogP contribution in [-0.2, 0) is 0 Å². The fraction of sp³-hybridized carbons (Fsp3) is 0.778. The molecule has 2 nitrogen and oxygen atoms in total. The Bertz CT molecular complexity index is 157. The van der Waals surface area contributed by atoms with Crippen LogP contribution in [-0.4, -0.2) is 31.1 Å². The van der Waals surface area contributed by atoms with E-state index in [2.05, 4.69) is 16.3 Å². The first-order chi connectivity index (χ1) is 5.47. The SMILES string of the molecule is C1=C(N2CCCC2)CCNC1. The van der Waals surface area contributed by atoms with Crippen LogP contribution in [0.3, 0.4) is 0 Å². The molecule has 0 atom stereocenters. The van der Waals surface area contributed by atoms with Gasteiger partial charge in [0.25, 0.3) is 0 Å². The molecule has 11 heavy (non-hydrogen) atoms. The van der Waals surface area contributed by atoms with Gasteiger partial charge in [-0.15, -0.1) is 0 Å². The predicted molar refractivity (Wildman–Crippen MR) is 46.4 cm³/mol. The van der Waals surface area contributed by atoms with Gasteiger partial charge in [0.05, 0.1) is 0 Å². The van der Waals surface area contributed by atoms with Crippen molar-refractivity contribution < 1.29 is 0 Å². The molecule has 0 unspecified atom stereocenters. The third-order valence-corrected chi connectivity index (χ3v) is 2.55. The Balaban J connectivity index is 1.96. The summed E-state index contributed by atoms with van der Waals surface area (Å²) in [5.74, 6) is 0. The maximum Gasteiger partial charge on any atom is 0.0175 e. The highest BCUT2D eigenvalue weighted by Crippen LogP contribution is 2.17.